The number of piperazine rings is 1. The van der Waals surface area contributed by atoms with E-state index in [9.17, 15) is 14.4 Å². The number of fused-ring (bicyclic) bond motifs is 1. The molecule has 0 aromatic heterocycles. The summed E-state index contributed by atoms with van der Waals surface area (Å²) in [5.74, 6) is -0.125. The van der Waals surface area contributed by atoms with Gasteiger partial charge in [-0.3, -0.25) is 14.4 Å². The summed E-state index contributed by atoms with van der Waals surface area (Å²) in [5.41, 5.74) is 0. The molecule has 0 aromatic rings. The quantitative estimate of drug-likeness (QED) is 0.682. The molecule has 2 N–H and O–H groups in total. The van der Waals surface area contributed by atoms with Crippen molar-refractivity contribution in [3.8, 4) is 0 Å². The molecule has 2 amide bonds. The van der Waals surface area contributed by atoms with E-state index >= 15 is 0 Å². The average molecular weight is 244 g/mol. The van der Waals surface area contributed by atoms with Crippen LogP contribution in [0.25, 0.3) is 0 Å². The lowest BCUT2D eigenvalue weighted by atomic mass is 10.0. The summed E-state index contributed by atoms with van der Waals surface area (Å²) in [6, 6.07) is -1.03. The van der Waals surface area contributed by atoms with Crippen molar-refractivity contribution in [2.75, 3.05) is 11.6 Å². The maximum Gasteiger partial charge on any atom is 0.303 e. The Hall–Kier alpha value is -1.24. The van der Waals surface area contributed by atoms with E-state index < -0.39 is 12.0 Å². The zero-order valence-corrected chi connectivity index (χ0v) is 9.33. The number of rotatable bonds is 3. The van der Waals surface area contributed by atoms with E-state index in [4.69, 9.17) is 5.11 Å². The Kier molecular flexibility index (Phi) is 3.04. The van der Waals surface area contributed by atoms with Crippen LogP contribution in [0.3, 0.4) is 0 Å². The van der Waals surface area contributed by atoms with Gasteiger partial charge in [0, 0.05) is 12.2 Å². The molecular weight excluding hydrogens is 232 g/mol. The minimum Gasteiger partial charge on any atom is -0.481 e. The van der Waals surface area contributed by atoms with Gasteiger partial charge in [0.15, 0.2) is 0 Å². The molecule has 0 radical (unpaired) electrons. The maximum absolute atomic E-state index is 11.9. The molecule has 2 atom stereocenters. The molecule has 2 aliphatic rings. The third kappa shape index (κ3) is 1.99. The van der Waals surface area contributed by atoms with Gasteiger partial charge in [0.1, 0.15) is 12.1 Å². The molecule has 2 rings (SSSR count). The highest BCUT2D eigenvalue weighted by molar-refractivity contribution is 7.99. The SMILES string of the molecule is O=C(O)CC[C@@H]1NC(=O)[C@@H]2CSCN2C1=O. The number of carbonyl (C=O) groups excluding carboxylic acids is 2. The van der Waals surface area contributed by atoms with Crippen LogP contribution in [0.15, 0.2) is 0 Å². The lowest BCUT2D eigenvalue weighted by Gasteiger charge is -2.33. The van der Waals surface area contributed by atoms with Crippen molar-refractivity contribution in [2.45, 2.75) is 24.9 Å². The summed E-state index contributed by atoms with van der Waals surface area (Å²) in [5, 5.41) is 11.1. The zero-order chi connectivity index (χ0) is 11.7. The second-order valence-corrected chi connectivity index (χ2v) is 4.82. The third-order valence-electron chi connectivity index (χ3n) is 2.73. The van der Waals surface area contributed by atoms with E-state index in [-0.39, 0.29) is 30.7 Å². The first kappa shape index (κ1) is 11.3. The van der Waals surface area contributed by atoms with Gasteiger partial charge in [-0.05, 0) is 6.42 Å². The van der Waals surface area contributed by atoms with E-state index in [2.05, 4.69) is 5.32 Å². The van der Waals surface area contributed by atoms with Gasteiger partial charge >= 0.3 is 5.97 Å². The summed E-state index contributed by atoms with van der Waals surface area (Å²) in [4.78, 5) is 35.4. The van der Waals surface area contributed by atoms with Gasteiger partial charge in [-0.2, -0.15) is 0 Å². The van der Waals surface area contributed by atoms with E-state index in [1.807, 2.05) is 0 Å². The van der Waals surface area contributed by atoms with Crippen molar-refractivity contribution < 1.29 is 19.5 Å². The van der Waals surface area contributed by atoms with E-state index in [0.29, 0.717) is 11.6 Å². The highest BCUT2D eigenvalue weighted by atomic mass is 32.2. The predicted molar refractivity (Wildman–Crippen MR) is 56.8 cm³/mol. The standard InChI is InChI=1S/C9H12N2O4S/c12-7(13)2-1-5-9(15)11-4-16-3-6(11)8(14)10-5/h5-6H,1-4H2,(H,10,14)(H,12,13)/t5-,6-/m0/s1. The van der Waals surface area contributed by atoms with Crippen molar-refractivity contribution in [1.29, 1.82) is 0 Å². The van der Waals surface area contributed by atoms with Crippen LogP contribution in [0.1, 0.15) is 12.8 Å². The van der Waals surface area contributed by atoms with Gasteiger partial charge in [0.25, 0.3) is 0 Å². The smallest absolute Gasteiger partial charge is 0.303 e. The number of hydrogen-bond donors (Lipinski definition) is 2. The van der Waals surface area contributed by atoms with Gasteiger partial charge in [-0.1, -0.05) is 0 Å². The molecule has 16 heavy (non-hydrogen) atoms. The van der Waals surface area contributed by atoms with E-state index in [1.165, 1.54) is 4.90 Å². The maximum atomic E-state index is 11.9. The second kappa shape index (κ2) is 4.32. The average Bonchev–Trinajstić information content (AvgIpc) is 2.70. The van der Waals surface area contributed by atoms with E-state index in [0.717, 1.165) is 0 Å². The second-order valence-electron chi connectivity index (χ2n) is 3.82. The molecule has 7 heteroatoms. The fourth-order valence-corrected chi connectivity index (χ4v) is 3.03. The first-order valence-electron chi connectivity index (χ1n) is 5.00. The summed E-state index contributed by atoms with van der Waals surface area (Å²) in [7, 11) is 0. The lowest BCUT2D eigenvalue weighted by Crippen LogP contribution is -2.61. The lowest BCUT2D eigenvalue weighted by molar-refractivity contribution is -0.147. The van der Waals surface area contributed by atoms with Crippen LogP contribution in [0.2, 0.25) is 0 Å². The molecule has 2 aliphatic heterocycles. The van der Waals surface area contributed by atoms with Crippen LogP contribution in [0, 0.1) is 0 Å². The fraction of sp³-hybridized carbons (Fsp3) is 0.667. The molecule has 0 aromatic carbocycles. The molecule has 0 unspecified atom stereocenters. The topological polar surface area (TPSA) is 86.7 Å². The number of aliphatic carboxylic acids is 1. The molecule has 0 bridgehead atoms. The molecule has 0 aliphatic carbocycles. The van der Waals surface area contributed by atoms with E-state index in [1.54, 1.807) is 11.8 Å². The molecule has 6 nitrogen and oxygen atoms in total. The first-order chi connectivity index (χ1) is 7.59. The van der Waals surface area contributed by atoms with Crippen LogP contribution < -0.4 is 5.32 Å². The van der Waals surface area contributed by atoms with Gasteiger partial charge in [0.05, 0.1) is 5.88 Å². The number of carbonyl (C=O) groups is 3. The fourth-order valence-electron chi connectivity index (χ4n) is 1.87. The van der Waals surface area contributed by atoms with Gasteiger partial charge in [0.2, 0.25) is 11.8 Å². The van der Waals surface area contributed by atoms with Crippen LogP contribution in [0.5, 0.6) is 0 Å². The van der Waals surface area contributed by atoms with Crippen LogP contribution in [0.4, 0.5) is 0 Å². The Morgan fingerprint density at radius 2 is 2.31 bits per heavy atom. The molecule has 2 heterocycles. The number of amides is 2. The molecule has 2 saturated heterocycles. The Morgan fingerprint density at radius 1 is 1.56 bits per heavy atom. The van der Waals surface area contributed by atoms with Crippen molar-refractivity contribution in [2.24, 2.45) is 0 Å². The summed E-state index contributed by atoms with van der Waals surface area (Å²) in [6.45, 7) is 0. The van der Waals surface area contributed by atoms with Gasteiger partial charge < -0.3 is 15.3 Å². The van der Waals surface area contributed by atoms with Crippen molar-refractivity contribution in [3.05, 3.63) is 0 Å². The first-order valence-corrected chi connectivity index (χ1v) is 6.15. The zero-order valence-electron chi connectivity index (χ0n) is 8.51. The molecule has 0 spiro atoms. The van der Waals surface area contributed by atoms with Crippen LogP contribution in [-0.2, 0) is 14.4 Å². The van der Waals surface area contributed by atoms with Crippen molar-refractivity contribution >= 4 is 29.5 Å². The minimum atomic E-state index is -0.958. The highest BCUT2D eigenvalue weighted by Gasteiger charge is 2.43. The molecule has 2 fully saturated rings. The normalized spacial score (nSPS) is 28.9. The Balaban J connectivity index is 2.02. The minimum absolute atomic E-state index is 0.109. The summed E-state index contributed by atoms with van der Waals surface area (Å²) < 4.78 is 0. The number of nitrogens with one attached hydrogen (secondary N) is 1. The molecule has 88 valence electrons. The number of hydrogen-bond acceptors (Lipinski definition) is 4. The summed E-state index contributed by atoms with van der Waals surface area (Å²) >= 11 is 1.54. The van der Waals surface area contributed by atoms with Crippen LogP contribution >= 0.6 is 11.8 Å². The van der Waals surface area contributed by atoms with Gasteiger partial charge in [-0.15, -0.1) is 11.8 Å². The Labute approximate surface area is 96.4 Å². The summed E-state index contributed by atoms with van der Waals surface area (Å²) in [6.07, 6.45) is 0.0517. The Morgan fingerprint density at radius 3 is 3.00 bits per heavy atom. The van der Waals surface area contributed by atoms with Crippen molar-refractivity contribution in [1.82, 2.24) is 10.2 Å². The molecular formula is C9H12N2O4S. The monoisotopic (exact) mass is 244 g/mol. The third-order valence-corrected chi connectivity index (χ3v) is 3.74. The largest absolute Gasteiger partial charge is 0.481 e. The number of carboxylic acids is 1. The molecule has 0 saturated carbocycles. The van der Waals surface area contributed by atoms with Crippen LogP contribution in [-0.4, -0.2) is 51.5 Å². The number of thioether (sulfide) groups is 1. The number of carboxylic acid groups (broad SMARTS) is 1. The van der Waals surface area contributed by atoms with Gasteiger partial charge in [-0.25, -0.2) is 0 Å². The van der Waals surface area contributed by atoms with Crippen molar-refractivity contribution in [3.63, 3.8) is 0 Å². The predicted octanol–water partition coefficient (Wildman–Crippen LogP) is -0.749. The number of nitrogens with zero attached hydrogens (tertiary/aromatic N) is 1. The highest BCUT2D eigenvalue weighted by Crippen LogP contribution is 2.25. The Bertz CT molecular complexity index is 346.